The van der Waals surface area contributed by atoms with Crippen LogP contribution in [0.25, 0.3) is 0 Å². The molecule has 1 heterocycles. The Morgan fingerprint density at radius 3 is 2.75 bits per heavy atom. The molecule has 6 nitrogen and oxygen atoms in total. The molecule has 2 N–H and O–H groups in total. The second-order valence-electron chi connectivity index (χ2n) is 4.59. The first-order chi connectivity index (χ1) is 9.44. The lowest BCUT2D eigenvalue weighted by Crippen LogP contribution is -2.27. The number of carbonyl (C=O) groups excluding carboxylic acids is 1. The van der Waals surface area contributed by atoms with Gasteiger partial charge in [0, 0.05) is 31.7 Å². The van der Waals surface area contributed by atoms with Gasteiger partial charge in [-0.05, 0) is 18.9 Å². The highest BCUT2D eigenvalue weighted by Gasteiger charge is 2.11. The van der Waals surface area contributed by atoms with Crippen molar-refractivity contribution in [2.75, 3.05) is 30.4 Å². The summed E-state index contributed by atoms with van der Waals surface area (Å²) in [6.45, 7) is 3.14. The SMILES string of the molecule is CCCNc1ccncc1C(=O)NCCCS(C)(=O)=O. The van der Waals surface area contributed by atoms with Crippen LogP contribution >= 0.6 is 0 Å². The van der Waals surface area contributed by atoms with E-state index in [-0.39, 0.29) is 11.7 Å². The van der Waals surface area contributed by atoms with Crippen LogP contribution in [0.4, 0.5) is 5.69 Å². The lowest BCUT2D eigenvalue weighted by molar-refractivity contribution is 0.0954. The van der Waals surface area contributed by atoms with Crippen molar-refractivity contribution in [2.45, 2.75) is 19.8 Å². The zero-order valence-electron chi connectivity index (χ0n) is 11.8. The third kappa shape index (κ3) is 6.01. The topological polar surface area (TPSA) is 88.2 Å². The molecule has 0 spiro atoms. The molecule has 0 unspecified atom stereocenters. The van der Waals surface area contributed by atoms with E-state index in [4.69, 9.17) is 0 Å². The van der Waals surface area contributed by atoms with E-state index in [0.29, 0.717) is 18.5 Å². The third-order valence-electron chi connectivity index (χ3n) is 2.61. The fourth-order valence-electron chi connectivity index (χ4n) is 1.62. The van der Waals surface area contributed by atoms with Gasteiger partial charge in [0.25, 0.3) is 5.91 Å². The highest BCUT2D eigenvalue weighted by Crippen LogP contribution is 2.13. The zero-order chi connectivity index (χ0) is 15.0. The van der Waals surface area contributed by atoms with Gasteiger partial charge in [-0.25, -0.2) is 8.42 Å². The number of hydrogen-bond donors (Lipinski definition) is 2. The van der Waals surface area contributed by atoms with Crippen LogP contribution in [0.3, 0.4) is 0 Å². The second kappa shape index (κ2) is 7.84. The van der Waals surface area contributed by atoms with E-state index >= 15 is 0 Å². The molecular weight excluding hydrogens is 278 g/mol. The molecule has 0 aromatic carbocycles. The van der Waals surface area contributed by atoms with Crippen LogP contribution in [0.2, 0.25) is 0 Å². The molecule has 1 rings (SSSR count). The van der Waals surface area contributed by atoms with Gasteiger partial charge >= 0.3 is 0 Å². The van der Waals surface area contributed by atoms with Crippen LogP contribution in [0.15, 0.2) is 18.5 Å². The number of rotatable bonds is 8. The van der Waals surface area contributed by atoms with Crippen molar-refractivity contribution in [2.24, 2.45) is 0 Å². The van der Waals surface area contributed by atoms with Crippen molar-refractivity contribution >= 4 is 21.4 Å². The molecule has 0 bridgehead atoms. The predicted molar refractivity (Wildman–Crippen MR) is 79.7 cm³/mol. The van der Waals surface area contributed by atoms with Crippen LogP contribution in [0.5, 0.6) is 0 Å². The number of hydrogen-bond acceptors (Lipinski definition) is 5. The van der Waals surface area contributed by atoms with Crippen molar-refractivity contribution in [1.82, 2.24) is 10.3 Å². The summed E-state index contributed by atoms with van der Waals surface area (Å²) >= 11 is 0. The number of pyridine rings is 1. The fourth-order valence-corrected chi connectivity index (χ4v) is 2.29. The van der Waals surface area contributed by atoms with Gasteiger partial charge in [0.15, 0.2) is 0 Å². The molecule has 0 radical (unpaired) electrons. The zero-order valence-corrected chi connectivity index (χ0v) is 12.7. The first kappa shape index (κ1) is 16.4. The quantitative estimate of drug-likeness (QED) is 0.701. The van der Waals surface area contributed by atoms with E-state index in [0.717, 1.165) is 18.7 Å². The number of anilines is 1. The van der Waals surface area contributed by atoms with Gasteiger partial charge < -0.3 is 10.6 Å². The molecule has 20 heavy (non-hydrogen) atoms. The molecule has 7 heteroatoms. The molecule has 0 saturated carbocycles. The van der Waals surface area contributed by atoms with Crippen molar-refractivity contribution in [3.05, 3.63) is 24.0 Å². The standard InChI is InChI=1S/C13H21N3O3S/c1-3-6-15-12-5-8-14-10-11(12)13(17)16-7-4-9-20(2,18)19/h5,8,10H,3-4,6-7,9H2,1-2H3,(H,14,15)(H,16,17). The maximum absolute atomic E-state index is 12.0. The number of aromatic nitrogens is 1. The molecule has 0 aliphatic carbocycles. The molecule has 1 aromatic rings. The van der Waals surface area contributed by atoms with Crippen molar-refractivity contribution in [3.8, 4) is 0 Å². The summed E-state index contributed by atoms with van der Waals surface area (Å²) < 4.78 is 22.0. The Morgan fingerprint density at radius 2 is 2.10 bits per heavy atom. The summed E-state index contributed by atoms with van der Waals surface area (Å²) in [5, 5.41) is 5.87. The molecule has 0 aliphatic rings. The largest absolute Gasteiger partial charge is 0.384 e. The molecule has 0 atom stereocenters. The number of sulfone groups is 1. The minimum Gasteiger partial charge on any atom is -0.384 e. The van der Waals surface area contributed by atoms with E-state index in [1.165, 1.54) is 12.5 Å². The number of nitrogens with zero attached hydrogens (tertiary/aromatic N) is 1. The Hall–Kier alpha value is -1.63. The number of carbonyl (C=O) groups is 1. The third-order valence-corrected chi connectivity index (χ3v) is 3.64. The van der Waals surface area contributed by atoms with E-state index in [1.54, 1.807) is 12.3 Å². The molecule has 112 valence electrons. The van der Waals surface area contributed by atoms with E-state index in [1.807, 2.05) is 6.92 Å². The van der Waals surface area contributed by atoms with Gasteiger partial charge in [-0.1, -0.05) is 6.92 Å². The smallest absolute Gasteiger partial charge is 0.254 e. The fraction of sp³-hybridized carbons (Fsp3) is 0.538. The number of amides is 1. The lowest BCUT2D eigenvalue weighted by atomic mass is 10.2. The summed E-state index contributed by atoms with van der Waals surface area (Å²) in [6, 6.07) is 1.75. The number of nitrogens with one attached hydrogen (secondary N) is 2. The average molecular weight is 299 g/mol. The molecule has 1 aromatic heterocycles. The Labute approximate surface area is 119 Å². The van der Waals surface area contributed by atoms with Crippen molar-refractivity contribution in [1.29, 1.82) is 0 Å². The highest BCUT2D eigenvalue weighted by atomic mass is 32.2. The average Bonchev–Trinajstić information content (AvgIpc) is 2.40. The molecule has 0 aliphatic heterocycles. The molecule has 0 saturated heterocycles. The second-order valence-corrected chi connectivity index (χ2v) is 6.85. The van der Waals surface area contributed by atoms with E-state index < -0.39 is 9.84 Å². The van der Waals surface area contributed by atoms with Gasteiger partial charge in [-0.15, -0.1) is 0 Å². The molecule has 1 amide bonds. The van der Waals surface area contributed by atoms with Crippen LogP contribution in [0, 0.1) is 0 Å². The molecular formula is C13H21N3O3S. The highest BCUT2D eigenvalue weighted by molar-refractivity contribution is 7.90. The van der Waals surface area contributed by atoms with E-state index in [2.05, 4.69) is 15.6 Å². The maximum Gasteiger partial charge on any atom is 0.254 e. The normalized spacial score (nSPS) is 11.1. The lowest BCUT2D eigenvalue weighted by Gasteiger charge is -2.11. The minimum atomic E-state index is -2.98. The van der Waals surface area contributed by atoms with Crippen LogP contribution in [0.1, 0.15) is 30.1 Å². The van der Waals surface area contributed by atoms with Gasteiger partial charge in [0.2, 0.25) is 0 Å². The minimum absolute atomic E-state index is 0.0707. The van der Waals surface area contributed by atoms with Gasteiger partial charge in [0.05, 0.1) is 17.0 Å². The Morgan fingerprint density at radius 1 is 1.35 bits per heavy atom. The first-order valence-electron chi connectivity index (χ1n) is 6.58. The monoisotopic (exact) mass is 299 g/mol. The van der Waals surface area contributed by atoms with Crippen LogP contribution in [-0.4, -0.2) is 44.4 Å². The van der Waals surface area contributed by atoms with E-state index in [9.17, 15) is 13.2 Å². The van der Waals surface area contributed by atoms with Crippen molar-refractivity contribution in [3.63, 3.8) is 0 Å². The summed E-state index contributed by atoms with van der Waals surface area (Å²) in [4.78, 5) is 16.0. The van der Waals surface area contributed by atoms with Gasteiger partial charge in [-0.3, -0.25) is 9.78 Å². The van der Waals surface area contributed by atoms with Crippen molar-refractivity contribution < 1.29 is 13.2 Å². The van der Waals surface area contributed by atoms with Gasteiger partial charge in [-0.2, -0.15) is 0 Å². The predicted octanol–water partition coefficient (Wildman–Crippen LogP) is 1.07. The Balaban J connectivity index is 2.54. The molecule has 0 fully saturated rings. The first-order valence-corrected chi connectivity index (χ1v) is 8.64. The Kier molecular flexibility index (Phi) is 6.44. The summed E-state index contributed by atoms with van der Waals surface area (Å²) in [5.41, 5.74) is 1.21. The van der Waals surface area contributed by atoms with Crippen LogP contribution < -0.4 is 10.6 Å². The summed E-state index contributed by atoms with van der Waals surface area (Å²) in [7, 11) is -2.98. The maximum atomic E-state index is 12.0. The van der Waals surface area contributed by atoms with Gasteiger partial charge in [0.1, 0.15) is 9.84 Å². The summed E-state index contributed by atoms with van der Waals surface area (Å²) in [5.74, 6) is -0.174. The van der Waals surface area contributed by atoms with Crippen LogP contribution in [-0.2, 0) is 9.84 Å². The Bertz CT molecular complexity index is 544. The summed E-state index contributed by atoms with van der Waals surface area (Å²) in [6.07, 6.45) is 5.67.